The van der Waals surface area contributed by atoms with Crippen molar-refractivity contribution in [2.75, 3.05) is 23.9 Å². The Labute approximate surface area is 96.4 Å². The molecule has 0 aromatic heterocycles. The molecule has 0 bridgehead atoms. The predicted octanol–water partition coefficient (Wildman–Crippen LogP) is 1.46. The van der Waals surface area contributed by atoms with E-state index in [-0.39, 0.29) is 0 Å². The molecule has 1 rings (SSSR count). The van der Waals surface area contributed by atoms with Crippen LogP contribution in [-0.2, 0) is 0 Å². The molecule has 1 aromatic rings. The summed E-state index contributed by atoms with van der Waals surface area (Å²) in [5.41, 5.74) is 13.8. The average molecular weight is 218 g/mol. The molecule has 0 aliphatic carbocycles. The minimum absolute atomic E-state index is 0.651. The largest absolute Gasteiger partial charge is 0.397 e. The first kappa shape index (κ1) is 12.3. The van der Waals surface area contributed by atoms with Crippen molar-refractivity contribution in [2.45, 2.75) is 0 Å². The number of benzene rings is 1. The van der Waals surface area contributed by atoms with E-state index >= 15 is 0 Å². The van der Waals surface area contributed by atoms with Gasteiger partial charge in [-0.2, -0.15) is 0 Å². The van der Waals surface area contributed by atoms with Gasteiger partial charge < -0.3 is 5.73 Å². The summed E-state index contributed by atoms with van der Waals surface area (Å²) in [6, 6.07) is 7.62. The average Bonchev–Trinajstić information content (AvgIpc) is 2.31. The fourth-order valence-electron chi connectivity index (χ4n) is 1.23. The van der Waals surface area contributed by atoms with Crippen LogP contribution in [-0.4, -0.2) is 13.1 Å². The zero-order valence-corrected chi connectivity index (χ0v) is 9.32. The van der Waals surface area contributed by atoms with Gasteiger partial charge in [-0.05, 0) is 12.1 Å². The van der Waals surface area contributed by atoms with Gasteiger partial charge in [0.15, 0.2) is 0 Å². The molecule has 0 aliphatic rings. The van der Waals surface area contributed by atoms with E-state index in [0.717, 1.165) is 5.69 Å². The third-order valence-corrected chi connectivity index (χ3v) is 1.97. The topological polar surface area (TPSA) is 53.3 Å². The van der Waals surface area contributed by atoms with Gasteiger partial charge in [0.1, 0.15) is 0 Å². The first-order chi connectivity index (χ1) is 7.79. The summed E-state index contributed by atoms with van der Waals surface area (Å²) in [6.45, 7) is 8.62. The molecule has 0 spiro atoms. The van der Waals surface area contributed by atoms with E-state index in [2.05, 4.69) is 24.0 Å². The van der Waals surface area contributed by atoms with E-state index in [1.165, 1.54) is 0 Å². The van der Waals surface area contributed by atoms with Crippen molar-refractivity contribution in [2.24, 2.45) is 0 Å². The molecule has 16 heavy (non-hydrogen) atoms. The van der Waals surface area contributed by atoms with Gasteiger partial charge in [-0.25, -0.2) is 16.0 Å². The number of nitrogens with one attached hydrogen (secondary N) is 2. The van der Waals surface area contributed by atoms with E-state index in [9.17, 15) is 0 Å². The van der Waals surface area contributed by atoms with Crippen LogP contribution < -0.4 is 21.7 Å². The summed E-state index contributed by atoms with van der Waals surface area (Å²) in [5, 5.41) is 1.78. The lowest BCUT2D eigenvalue weighted by atomic mass is 10.3. The Kier molecular flexibility index (Phi) is 5.11. The molecule has 0 radical (unpaired) electrons. The monoisotopic (exact) mass is 218 g/mol. The Bertz CT molecular complexity index is 337. The smallest absolute Gasteiger partial charge is 0.0931 e. The SMILES string of the molecule is C=CCNN(NCC=C)c1ccccc1N. The zero-order chi connectivity index (χ0) is 11.8. The van der Waals surface area contributed by atoms with Crippen LogP contribution >= 0.6 is 0 Å². The summed E-state index contributed by atoms with van der Waals surface area (Å²) in [7, 11) is 0. The van der Waals surface area contributed by atoms with Crippen LogP contribution in [0.15, 0.2) is 49.6 Å². The third-order valence-electron chi connectivity index (χ3n) is 1.97. The molecule has 0 aliphatic heterocycles. The van der Waals surface area contributed by atoms with Crippen LogP contribution in [0.4, 0.5) is 11.4 Å². The number of nitrogens with zero attached hydrogens (tertiary/aromatic N) is 1. The predicted molar refractivity (Wildman–Crippen MR) is 69.7 cm³/mol. The van der Waals surface area contributed by atoms with Crippen molar-refractivity contribution in [3.63, 3.8) is 0 Å². The molecule has 0 atom stereocenters. The summed E-state index contributed by atoms with van der Waals surface area (Å²) in [4.78, 5) is 0. The molecule has 0 saturated heterocycles. The second-order valence-electron chi connectivity index (χ2n) is 3.20. The third kappa shape index (κ3) is 3.42. The van der Waals surface area contributed by atoms with E-state index in [1.807, 2.05) is 24.3 Å². The highest BCUT2D eigenvalue weighted by Crippen LogP contribution is 2.19. The van der Waals surface area contributed by atoms with Crippen molar-refractivity contribution >= 4 is 11.4 Å². The number of anilines is 2. The lowest BCUT2D eigenvalue weighted by Gasteiger charge is -2.26. The van der Waals surface area contributed by atoms with Gasteiger partial charge in [0.25, 0.3) is 0 Å². The molecule has 0 unspecified atom stereocenters. The van der Waals surface area contributed by atoms with E-state index < -0.39 is 0 Å². The maximum absolute atomic E-state index is 5.89. The summed E-state index contributed by atoms with van der Waals surface area (Å²) < 4.78 is 0. The number of nitrogens with two attached hydrogens (primary N) is 1. The minimum atomic E-state index is 0.651. The Morgan fingerprint density at radius 1 is 1.12 bits per heavy atom. The first-order valence-corrected chi connectivity index (χ1v) is 5.13. The van der Waals surface area contributed by atoms with Crippen LogP contribution in [0.1, 0.15) is 0 Å². The number of hydrogen-bond donors (Lipinski definition) is 3. The van der Waals surface area contributed by atoms with E-state index in [1.54, 1.807) is 17.3 Å². The maximum atomic E-state index is 5.89. The Morgan fingerprint density at radius 3 is 2.19 bits per heavy atom. The number of nitrogen functional groups attached to an aromatic ring is 1. The molecule has 0 amide bonds. The highest BCUT2D eigenvalue weighted by Gasteiger charge is 2.06. The lowest BCUT2D eigenvalue weighted by Crippen LogP contribution is -2.48. The molecular formula is C12H18N4. The van der Waals surface area contributed by atoms with Gasteiger partial charge in [0, 0.05) is 13.1 Å². The minimum Gasteiger partial charge on any atom is -0.397 e. The quantitative estimate of drug-likeness (QED) is 0.368. The molecule has 4 nitrogen and oxygen atoms in total. The van der Waals surface area contributed by atoms with Gasteiger partial charge in [-0.1, -0.05) is 24.3 Å². The van der Waals surface area contributed by atoms with Gasteiger partial charge >= 0.3 is 0 Å². The number of para-hydroxylation sites is 2. The molecule has 0 saturated carbocycles. The first-order valence-electron chi connectivity index (χ1n) is 5.13. The van der Waals surface area contributed by atoms with Crippen LogP contribution in [0, 0.1) is 0 Å². The zero-order valence-electron chi connectivity index (χ0n) is 9.32. The second-order valence-corrected chi connectivity index (χ2v) is 3.20. The van der Waals surface area contributed by atoms with Crippen molar-refractivity contribution in [3.05, 3.63) is 49.6 Å². The summed E-state index contributed by atoms with van der Waals surface area (Å²) >= 11 is 0. The van der Waals surface area contributed by atoms with Crippen molar-refractivity contribution in [1.82, 2.24) is 10.9 Å². The van der Waals surface area contributed by atoms with E-state index in [4.69, 9.17) is 5.73 Å². The molecule has 0 fully saturated rings. The maximum Gasteiger partial charge on any atom is 0.0931 e. The molecule has 4 N–H and O–H groups in total. The molecule has 1 aromatic carbocycles. The standard InChI is InChI=1S/C12H18N4/c1-3-9-14-16(15-10-4-2)12-8-6-5-7-11(12)13/h3-8,14-15H,1-2,9-10,13H2. The van der Waals surface area contributed by atoms with Crippen LogP contribution in [0.25, 0.3) is 0 Å². The molecule has 86 valence electrons. The summed E-state index contributed by atoms with van der Waals surface area (Å²) in [5.74, 6) is 0. The number of hydrazine groups is 2. The molecule has 4 heteroatoms. The van der Waals surface area contributed by atoms with Crippen LogP contribution in [0.2, 0.25) is 0 Å². The molecular weight excluding hydrogens is 200 g/mol. The Balaban J connectivity index is 2.77. The second kappa shape index (κ2) is 6.66. The van der Waals surface area contributed by atoms with Crippen LogP contribution in [0.5, 0.6) is 0 Å². The number of rotatable bonds is 7. The Hall–Kier alpha value is -1.78. The highest BCUT2D eigenvalue weighted by atomic mass is 15.7. The van der Waals surface area contributed by atoms with Gasteiger partial charge in [0.05, 0.1) is 11.4 Å². The van der Waals surface area contributed by atoms with Crippen molar-refractivity contribution in [1.29, 1.82) is 0 Å². The van der Waals surface area contributed by atoms with Gasteiger partial charge in [0.2, 0.25) is 0 Å². The Morgan fingerprint density at radius 2 is 1.69 bits per heavy atom. The van der Waals surface area contributed by atoms with Crippen molar-refractivity contribution in [3.8, 4) is 0 Å². The fraction of sp³-hybridized carbons (Fsp3) is 0.167. The fourth-order valence-corrected chi connectivity index (χ4v) is 1.23. The summed E-state index contributed by atoms with van der Waals surface area (Å²) in [6.07, 6.45) is 3.56. The highest BCUT2D eigenvalue weighted by molar-refractivity contribution is 5.66. The molecule has 0 heterocycles. The normalized spacial score (nSPS) is 9.75. The van der Waals surface area contributed by atoms with Gasteiger partial charge in [-0.15, -0.1) is 13.2 Å². The van der Waals surface area contributed by atoms with Crippen molar-refractivity contribution < 1.29 is 0 Å². The lowest BCUT2D eigenvalue weighted by molar-refractivity contribution is 0.576. The van der Waals surface area contributed by atoms with Gasteiger partial charge in [-0.3, -0.25) is 0 Å². The van der Waals surface area contributed by atoms with Crippen LogP contribution in [0.3, 0.4) is 0 Å². The number of hydrogen-bond acceptors (Lipinski definition) is 4. The van der Waals surface area contributed by atoms with E-state index in [0.29, 0.717) is 18.8 Å².